The molecule has 1 saturated heterocycles. The number of carbonyl (C=O) groups is 2. The molecule has 12 heteroatoms. The molecule has 1 fully saturated rings. The van der Waals surface area contributed by atoms with Gasteiger partial charge in [-0.05, 0) is 41.8 Å². The molecule has 1 aromatic heterocycles. The van der Waals surface area contributed by atoms with E-state index in [1.807, 2.05) is 55.5 Å². The number of hydrogen-bond acceptors (Lipinski definition) is 10. The van der Waals surface area contributed by atoms with Gasteiger partial charge in [0, 0.05) is 19.6 Å². The molecular weight excluding hydrogens is 488 g/mol. The zero-order valence-electron chi connectivity index (χ0n) is 21.7. The SMILES string of the molecule is CCCCN1C(=O)NC(Nc2nc(NCc3ccc(OC)cc3)nc(NCc3ccc(OC)cc3)n2)C1=O. The summed E-state index contributed by atoms with van der Waals surface area (Å²) < 4.78 is 10.4. The molecule has 0 aliphatic carbocycles. The van der Waals surface area contributed by atoms with Crippen LogP contribution in [0.4, 0.5) is 22.6 Å². The van der Waals surface area contributed by atoms with Gasteiger partial charge in [-0.3, -0.25) is 9.69 Å². The molecule has 0 saturated carbocycles. The van der Waals surface area contributed by atoms with E-state index in [1.54, 1.807) is 14.2 Å². The van der Waals surface area contributed by atoms with Gasteiger partial charge in [-0.2, -0.15) is 15.0 Å². The fourth-order valence-corrected chi connectivity index (χ4v) is 3.72. The van der Waals surface area contributed by atoms with Crippen molar-refractivity contribution in [2.24, 2.45) is 0 Å². The van der Waals surface area contributed by atoms with E-state index in [9.17, 15) is 9.59 Å². The topological polar surface area (TPSA) is 143 Å². The number of ether oxygens (including phenoxy) is 2. The number of urea groups is 1. The first-order valence-corrected chi connectivity index (χ1v) is 12.4. The first-order valence-electron chi connectivity index (χ1n) is 12.4. The Bertz CT molecular complexity index is 1170. The van der Waals surface area contributed by atoms with E-state index in [1.165, 1.54) is 4.90 Å². The van der Waals surface area contributed by atoms with Crippen LogP contribution < -0.4 is 30.7 Å². The number of nitrogens with zero attached hydrogens (tertiary/aromatic N) is 4. The monoisotopic (exact) mass is 520 g/mol. The second kappa shape index (κ2) is 12.6. The average Bonchev–Trinajstić information content (AvgIpc) is 3.21. The lowest BCUT2D eigenvalue weighted by Crippen LogP contribution is -2.38. The minimum atomic E-state index is -0.967. The number of rotatable bonds is 13. The van der Waals surface area contributed by atoms with E-state index in [2.05, 4.69) is 36.2 Å². The third-order valence-corrected chi connectivity index (χ3v) is 5.89. The van der Waals surface area contributed by atoms with E-state index in [0.717, 1.165) is 35.5 Å². The summed E-state index contributed by atoms with van der Waals surface area (Å²) in [7, 11) is 3.24. The van der Waals surface area contributed by atoms with E-state index >= 15 is 0 Å². The number of unbranched alkanes of at least 4 members (excludes halogenated alkanes) is 1. The quantitative estimate of drug-likeness (QED) is 0.248. The van der Waals surface area contributed by atoms with Crippen LogP contribution in [0.15, 0.2) is 48.5 Å². The summed E-state index contributed by atoms with van der Waals surface area (Å²) in [4.78, 5) is 39.6. The Morgan fingerprint density at radius 3 is 1.79 bits per heavy atom. The molecule has 1 unspecified atom stereocenters. The Balaban J connectivity index is 1.50. The Morgan fingerprint density at radius 2 is 1.32 bits per heavy atom. The molecule has 38 heavy (non-hydrogen) atoms. The van der Waals surface area contributed by atoms with Crippen LogP contribution in [-0.4, -0.2) is 58.7 Å². The number of imide groups is 1. The van der Waals surface area contributed by atoms with E-state index in [-0.39, 0.29) is 11.9 Å². The van der Waals surface area contributed by atoms with Gasteiger partial charge in [0.05, 0.1) is 14.2 Å². The molecule has 2 heterocycles. The maximum absolute atomic E-state index is 12.8. The van der Waals surface area contributed by atoms with Crippen molar-refractivity contribution >= 4 is 29.8 Å². The first kappa shape index (κ1) is 26.5. The summed E-state index contributed by atoms with van der Waals surface area (Å²) in [5, 5.41) is 12.0. The van der Waals surface area contributed by atoms with Gasteiger partial charge >= 0.3 is 6.03 Å². The summed E-state index contributed by atoms with van der Waals surface area (Å²) in [5.74, 6) is 1.91. The minimum absolute atomic E-state index is 0.144. The summed E-state index contributed by atoms with van der Waals surface area (Å²) >= 11 is 0. The summed E-state index contributed by atoms with van der Waals surface area (Å²) in [5.41, 5.74) is 2.00. The maximum atomic E-state index is 12.8. The fourth-order valence-electron chi connectivity index (χ4n) is 3.72. The van der Waals surface area contributed by atoms with Gasteiger partial charge < -0.3 is 30.7 Å². The molecule has 3 amide bonds. The van der Waals surface area contributed by atoms with Gasteiger partial charge in [-0.1, -0.05) is 37.6 Å². The molecule has 0 radical (unpaired) electrons. The van der Waals surface area contributed by atoms with Crippen molar-refractivity contribution in [1.82, 2.24) is 25.2 Å². The molecular formula is C26H32N8O4. The summed E-state index contributed by atoms with van der Waals surface area (Å²) in [6.45, 7) is 3.27. The van der Waals surface area contributed by atoms with Crippen LogP contribution in [0.25, 0.3) is 0 Å². The highest BCUT2D eigenvalue weighted by Crippen LogP contribution is 2.17. The second-order valence-electron chi connectivity index (χ2n) is 8.58. The number of nitrogens with one attached hydrogen (secondary N) is 4. The van der Waals surface area contributed by atoms with Gasteiger partial charge in [0.15, 0.2) is 6.17 Å². The molecule has 1 aliphatic rings. The average molecular weight is 521 g/mol. The molecule has 4 N–H and O–H groups in total. The van der Waals surface area contributed by atoms with Crippen molar-refractivity contribution in [2.45, 2.75) is 39.0 Å². The van der Waals surface area contributed by atoms with Crippen LogP contribution in [-0.2, 0) is 17.9 Å². The Labute approximate surface area is 221 Å². The van der Waals surface area contributed by atoms with Crippen molar-refractivity contribution in [1.29, 1.82) is 0 Å². The number of benzene rings is 2. The lowest BCUT2D eigenvalue weighted by Gasteiger charge is -2.15. The fraction of sp³-hybridized carbons (Fsp3) is 0.346. The summed E-state index contributed by atoms with van der Waals surface area (Å²) in [6.07, 6.45) is 0.636. The molecule has 2 aromatic carbocycles. The minimum Gasteiger partial charge on any atom is -0.497 e. The highest BCUT2D eigenvalue weighted by Gasteiger charge is 2.38. The van der Waals surface area contributed by atoms with Crippen molar-refractivity contribution in [3.05, 3.63) is 59.7 Å². The molecule has 3 aromatic rings. The third-order valence-electron chi connectivity index (χ3n) is 5.89. The van der Waals surface area contributed by atoms with Crippen molar-refractivity contribution < 1.29 is 19.1 Å². The predicted molar refractivity (Wildman–Crippen MR) is 143 cm³/mol. The highest BCUT2D eigenvalue weighted by atomic mass is 16.5. The Kier molecular flexibility index (Phi) is 8.75. The number of aromatic nitrogens is 3. The van der Waals surface area contributed by atoms with Gasteiger partial charge in [-0.25, -0.2) is 4.79 Å². The molecule has 1 aliphatic heterocycles. The van der Waals surface area contributed by atoms with Crippen LogP contribution in [0.2, 0.25) is 0 Å². The van der Waals surface area contributed by atoms with Crippen LogP contribution >= 0.6 is 0 Å². The normalized spacial score (nSPS) is 14.7. The summed E-state index contributed by atoms with van der Waals surface area (Å²) in [6, 6.07) is 14.8. The maximum Gasteiger partial charge on any atom is 0.326 e. The van der Waals surface area contributed by atoms with E-state index in [0.29, 0.717) is 31.5 Å². The van der Waals surface area contributed by atoms with Gasteiger partial charge in [0.2, 0.25) is 17.8 Å². The molecule has 0 bridgehead atoms. The molecule has 12 nitrogen and oxygen atoms in total. The van der Waals surface area contributed by atoms with Gasteiger partial charge in [-0.15, -0.1) is 0 Å². The smallest absolute Gasteiger partial charge is 0.326 e. The number of amides is 3. The molecule has 200 valence electrons. The number of anilines is 3. The molecule has 1 atom stereocenters. The largest absolute Gasteiger partial charge is 0.497 e. The molecule has 4 rings (SSSR count). The Hall–Kier alpha value is -4.61. The van der Waals surface area contributed by atoms with Crippen molar-refractivity contribution in [2.75, 3.05) is 36.7 Å². The zero-order chi connectivity index (χ0) is 26.9. The van der Waals surface area contributed by atoms with E-state index in [4.69, 9.17) is 9.47 Å². The van der Waals surface area contributed by atoms with Crippen LogP contribution in [0.5, 0.6) is 11.5 Å². The molecule has 0 spiro atoms. The standard InChI is InChI=1S/C26H32N8O4/c1-4-5-14-34-22(35)21(30-26(34)36)29-25-32-23(27-15-17-6-10-19(37-2)11-7-17)31-24(33-25)28-16-18-8-12-20(38-3)13-9-18/h6-13,21H,4-5,14-16H2,1-3H3,(H,30,36)(H3,27,28,29,31,32,33). The first-order chi connectivity index (χ1) is 18.5. The van der Waals surface area contributed by atoms with Crippen LogP contribution in [0.1, 0.15) is 30.9 Å². The van der Waals surface area contributed by atoms with E-state index < -0.39 is 12.2 Å². The lowest BCUT2D eigenvalue weighted by atomic mass is 10.2. The predicted octanol–water partition coefficient (Wildman–Crippen LogP) is 3.20. The second-order valence-corrected chi connectivity index (χ2v) is 8.58. The van der Waals surface area contributed by atoms with Crippen molar-refractivity contribution in [3.63, 3.8) is 0 Å². The van der Waals surface area contributed by atoms with Gasteiger partial charge in [0.1, 0.15) is 11.5 Å². The number of hydrogen-bond donors (Lipinski definition) is 4. The van der Waals surface area contributed by atoms with Crippen LogP contribution in [0.3, 0.4) is 0 Å². The number of carbonyl (C=O) groups excluding carboxylic acids is 2. The zero-order valence-corrected chi connectivity index (χ0v) is 21.7. The highest BCUT2D eigenvalue weighted by molar-refractivity contribution is 6.05. The Morgan fingerprint density at radius 1 is 0.816 bits per heavy atom. The lowest BCUT2D eigenvalue weighted by molar-refractivity contribution is -0.126. The number of methoxy groups -OCH3 is 2. The third kappa shape index (κ3) is 6.78. The van der Waals surface area contributed by atoms with Gasteiger partial charge in [0.25, 0.3) is 5.91 Å². The van der Waals surface area contributed by atoms with Crippen molar-refractivity contribution in [3.8, 4) is 11.5 Å². The van der Waals surface area contributed by atoms with Crippen LogP contribution in [0, 0.1) is 0 Å².